The number of carbonyl (C=O) groups excluding carboxylic acids is 2. The molecule has 6 rings (SSSR count). The number of aliphatic hydroxyl groups excluding tert-OH is 1. The topological polar surface area (TPSA) is 133 Å². The van der Waals surface area contributed by atoms with Gasteiger partial charge in [0.1, 0.15) is 0 Å². The molecular formula is C33H39Cl2N9O3. The average Bonchev–Trinajstić information content (AvgIpc) is 3.54. The van der Waals surface area contributed by atoms with Gasteiger partial charge in [0, 0.05) is 88.9 Å². The molecule has 2 aliphatic heterocycles. The minimum atomic E-state index is -0.445. The molecule has 2 amide bonds. The molecular weight excluding hydrogens is 641 g/mol. The standard InChI is InChI=1S/C33H39Cl2N9O3/c1-18(2)44-14-11-26-24(17-44)38-31(42(26)5)33(47)40-22-9-12-36-29(28(22)35)20-7-6-8-21(27(20)34)39-32(46)30-37-23-16-43(15-19(3)45)13-10-25(23)41(30)4/h6-9,12,18-19,45H,10-11,13-17H2,1-5H3,(H,39,46)(H,36,40,47)/t19-/m0/s1. The second-order valence-corrected chi connectivity index (χ2v) is 13.3. The van der Waals surface area contributed by atoms with Gasteiger partial charge in [-0.05, 0) is 32.9 Å². The van der Waals surface area contributed by atoms with Gasteiger partial charge in [0.15, 0.2) is 11.6 Å². The van der Waals surface area contributed by atoms with Crippen LogP contribution in [-0.2, 0) is 40.0 Å². The number of rotatable bonds is 8. The zero-order valence-corrected chi connectivity index (χ0v) is 28.7. The largest absolute Gasteiger partial charge is 0.392 e. The number of amides is 2. The summed E-state index contributed by atoms with van der Waals surface area (Å²) in [6.45, 7) is 9.57. The minimum absolute atomic E-state index is 0.203. The molecule has 0 aliphatic carbocycles. The number of hydrogen-bond donors (Lipinski definition) is 3. The van der Waals surface area contributed by atoms with Crippen LogP contribution in [0.4, 0.5) is 11.4 Å². The number of carbonyl (C=O) groups is 2. The molecule has 3 N–H and O–H groups in total. The molecule has 5 heterocycles. The van der Waals surface area contributed by atoms with Crippen molar-refractivity contribution in [2.75, 3.05) is 30.3 Å². The van der Waals surface area contributed by atoms with Gasteiger partial charge in [0.2, 0.25) is 0 Å². The number of hydrogen-bond acceptors (Lipinski definition) is 8. The van der Waals surface area contributed by atoms with Crippen molar-refractivity contribution in [3.8, 4) is 11.3 Å². The molecule has 0 saturated heterocycles. The lowest BCUT2D eigenvalue weighted by molar-refractivity contribution is 0.100. The number of pyridine rings is 1. The third kappa shape index (κ3) is 6.53. The van der Waals surface area contributed by atoms with Gasteiger partial charge in [-0.15, -0.1) is 0 Å². The third-order valence-corrected chi connectivity index (χ3v) is 9.71. The third-order valence-electron chi connectivity index (χ3n) is 8.92. The van der Waals surface area contributed by atoms with Crippen LogP contribution in [0.15, 0.2) is 30.5 Å². The normalized spacial score (nSPS) is 15.8. The molecule has 4 aromatic rings. The van der Waals surface area contributed by atoms with Gasteiger partial charge in [-0.1, -0.05) is 35.3 Å². The van der Waals surface area contributed by atoms with E-state index in [1.54, 1.807) is 37.4 Å². The van der Waals surface area contributed by atoms with E-state index in [9.17, 15) is 14.7 Å². The van der Waals surface area contributed by atoms with E-state index < -0.39 is 12.0 Å². The molecule has 14 heteroatoms. The number of aliphatic hydroxyl groups is 1. The van der Waals surface area contributed by atoms with Crippen molar-refractivity contribution in [1.29, 1.82) is 0 Å². The molecule has 1 atom stereocenters. The molecule has 0 saturated carbocycles. The lowest BCUT2D eigenvalue weighted by atomic mass is 10.1. The number of imidazole rings is 2. The summed E-state index contributed by atoms with van der Waals surface area (Å²) in [6.07, 6.45) is 2.65. The summed E-state index contributed by atoms with van der Waals surface area (Å²) in [5, 5.41) is 16.0. The molecule has 0 unspecified atom stereocenters. The van der Waals surface area contributed by atoms with Crippen LogP contribution in [0.3, 0.4) is 0 Å². The van der Waals surface area contributed by atoms with E-state index in [0.717, 1.165) is 48.7 Å². The maximum atomic E-state index is 13.4. The zero-order valence-electron chi connectivity index (χ0n) is 27.1. The number of aromatic nitrogens is 5. The molecule has 0 spiro atoms. The number of anilines is 2. The van der Waals surface area contributed by atoms with E-state index in [4.69, 9.17) is 23.2 Å². The van der Waals surface area contributed by atoms with E-state index in [2.05, 4.69) is 49.2 Å². The van der Waals surface area contributed by atoms with Gasteiger partial charge in [-0.3, -0.25) is 24.4 Å². The van der Waals surface area contributed by atoms with Crippen LogP contribution in [-0.4, -0.2) is 82.6 Å². The Hall–Kier alpha value is -3.81. The Labute approximate surface area is 283 Å². The Balaban J connectivity index is 1.21. The highest BCUT2D eigenvalue weighted by molar-refractivity contribution is 6.39. The summed E-state index contributed by atoms with van der Waals surface area (Å²) in [5.41, 5.74) is 5.35. The minimum Gasteiger partial charge on any atom is -0.392 e. The Bertz CT molecular complexity index is 1850. The number of halogens is 2. The fourth-order valence-corrected chi connectivity index (χ4v) is 6.93. The van der Waals surface area contributed by atoms with Crippen LogP contribution >= 0.6 is 23.2 Å². The summed E-state index contributed by atoms with van der Waals surface area (Å²) >= 11 is 13.7. The summed E-state index contributed by atoms with van der Waals surface area (Å²) < 4.78 is 3.66. The Kier molecular flexibility index (Phi) is 9.41. The number of benzene rings is 1. The van der Waals surface area contributed by atoms with Crippen LogP contribution in [0.1, 0.15) is 64.8 Å². The SMILES string of the molecule is CC(C)N1CCc2c(nc(C(=O)Nc3ccnc(-c4cccc(NC(=O)c5nc6c(n5C)CCN(C[C@H](C)O)C6)c4Cl)c3Cl)n2C)C1. The van der Waals surface area contributed by atoms with Crippen molar-refractivity contribution in [3.63, 3.8) is 0 Å². The molecule has 1 aromatic carbocycles. The molecule has 2 aliphatic rings. The summed E-state index contributed by atoms with van der Waals surface area (Å²) in [7, 11) is 3.69. The van der Waals surface area contributed by atoms with Crippen LogP contribution in [0.5, 0.6) is 0 Å². The predicted molar refractivity (Wildman–Crippen MR) is 182 cm³/mol. The van der Waals surface area contributed by atoms with E-state index in [1.165, 1.54) is 0 Å². The smallest absolute Gasteiger partial charge is 0.291 e. The quantitative estimate of drug-likeness (QED) is 0.247. The number of nitrogens with one attached hydrogen (secondary N) is 2. The Morgan fingerprint density at radius 1 is 0.872 bits per heavy atom. The van der Waals surface area contributed by atoms with Crippen LogP contribution in [0.25, 0.3) is 11.3 Å². The van der Waals surface area contributed by atoms with Crippen LogP contribution < -0.4 is 10.6 Å². The van der Waals surface area contributed by atoms with Crippen LogP contribution in [0, 0.1) is 0 Å². The number of nitrogens with zero attached hydrogens (tertiary/aromatic N) is 7. The lowest BCUT2D eigenvalue weighted by Crippen LogP contribution is -2.36. The number of β-amino-alcohol motifs (C(OH)–C–C–N with tert-alkyl or cyclic N) is 1. The zero-order chi connectivity index (χ0) is 33.6. The molecule has 12 nitrogen and oxygen atoms in total. The van der Waals surface area contributed by atoms with Gasteiger partial charge >= 0.3 is 0 Å². The monoisotopic (exact) mass is 679 g/mol. The fourth-order valence-electron chi connectivity index (χ4n) is 6.40. The van der Waals surface area contributed by atoms with Gasteiger partial charge in [-0.25, -0.2) is 9.97 Å². The van der Waals surface area contributed by atoms with Crippen molar-refractivity contribution in [1.82, 2.24) is 33.9 Å². The Morgan fingerprint density at radius 3 is 2.09 bits per heavy atom. The highest BCUT2D eigenvalue weighted by Gasteiger charge is 2.28. The number of fused-ring (bicyclic) bond motifs is 2. The van der Waals surface area contributed by atoms with E-state index in [1.807, 2.05) is 23.2 Å². The molecule has 0 radical (unpaired) electrons. The van der Waals surface area contributed by atoms with Crippen molar-refractivity contribution < 1.29 is 14.7 Å². The first-order valence-corrected chi connectivity index (χ1v) is 16.5. The maximum absolute atomic E-state index is 13.4. The summed E-state index contributed by atoms with van der Waals surface area (Å²) in [5.74, 6) is -0.207. The first-order chi connectivity index (χ1) is 22.4. The molecule has 0 fully saturated rings. The Morgan fingerprint density at radius 2 is 1.47 bits per heavy atom. The molecule has 0 bridgehead atoms. The second-order valence-electron chi connectivity index (χ2n) is 12.5. The van der Waals surface area contributed by atoms with Crippen molar-refractivity contribution >= 4 is 46.4 Å². The van der Waals surface area contributed by atoms with Gasteiger partial charge < -0.3 is 24.9 Å². The molecule has 3 aromatic heterocycles. The summed E-state index contributed by atoms with van der Waals surface area (Å²) in [4.78, 5) is 45.1. The maximum Gasteiger partial charge on any atom is 0.291 e. The average molecular weight is 681 g/mol. The van der Waals surface area contributed by atoms with Crippen molar-refractivity contribution in [2.45, 2.75) is 58.8 Å². The molecule has 47 heavy (non-hydrogen) atoms. The first kappa shape index (κ1) is 33.1. The second kappa shape index (κ2) is 13.4. The predicted octanol–water partition coefficient (Wildman–Crippen LogP) is 4.53. The van der Waals surface area contributed by atoms with Crippen LogP contribution in [0.2, 0.25) is 10.0 Å². The van der Waals surface area contributed by atoms with Gasteiger partial charge in [0.25, 0.3) is 11.8 Å². The highest BCUT2D eigenvalue weighted by Crippen LogP contribution is 2.39. The van der Waals surface area contributed by atoms with E-state index in [-0.39, 0.29) is 21.8 Å². The van der Waals surface area contributed by atoms with Gasteiger partial charge in [0.05, 0.1) is 44.6 Å². The highest BCUT2D eigenvalue weighted by atomic mass is 35.5. The fraction of sp³-hybridized carbons (Fsp3) is 0.424. The van der Waals surface area contributed by atoms with E-state index >= 15 is 0 Å². The van der Waals surface area contributed by atoms with Crippen molar-refractivity contribution in [3.05, 3.63) is 74.9 Å². The van der Waals surface area contributed by atoms with E-state index in [0.29, 0.717) is 54.1 Å². The lowest BCUT2D eigenvalue weighted by Gasteiger charge is -2.29. The van der Waals surface area contributed by atoms with Gasteiger partial charge in [-0.2, -0.15) is 0 Å². The first-order valence-electron chi connectivity index (χ1n) is 15.7. The molecule has 248 valence electrons. The summed E-state index contributed by atoms with van der Waals surface area (Å²) in [6, 6.07) is 7.21. The van der Waals surface area contributed by atoms with Crippen molar-refractivity contribution in [2.24, 2.45) is 14.1 Å².